The third-order valence-electron chi connectivity index (χ3n) is 2.50. The van der Waals surface area contributed by atoms with Crippen molar-refractivity contribution in [2.75, 3.05) is 6.54 Å². The van der Waals surface area contributed by atoms with Crippen LogP contribution in [0.2, 0.25) is 0 Å². The Kier molecular flexibility index (Phi) is 1.53. The minimum absolute atomic E-state index is 0.883. The number of hydrogen-bond donors (Lipinski definition) is 0. The maximum atomic E-state index is 4.30. The van der Waals surface area contributed by atoms with Crippen LogP contribution in [0.3, 0.4) is 0 Å². The van der Waals surface area contributed by atoms with Crippen LogP contribution in [-0.4, -0.2) is 17.7 Å². The largest absolute Gasteiger partial charge is 0.327 e. The Morgan fingerprint density at radius 3 is 2.86 bits per heavy atom. The average molecular weight is 182 g/mol. The zero-order valence-electron chi connectivity index (χ0n) is 7.72. The van der Waals surface area contributed by atoms with Gasteiger partial charge in [0, 0.05) is 12.4 Å². The van der Waals surface area contributed by atoms with Crippen LogP contribution in [-0.2, 0) is 0 Å². The van der Waals surface area contributed by atoms with E-state index in [9.17, 15) is 0 Å². The molecule has 0 saturated carbocycles. The molecule has 2 heteroatoms. The predicted molar refractivity (Wildman–Crippen MR) is 57.9 cm³/mol. The van der Waals surface area contributed by atoms with Crippen molar-refractivity contribution in [1.82, 2.24) is 4.90 Å². The number of fused-ring (bicyclic) bond motifs is 2. The second-order valence-electron chi connectivity index (χ2n) is 3.41. The molecule has 0 fully saturated rings. The van der Waals surface area contributed by atoms with Crippen LogP contribution in [0.15, 0.2) is 41.2 Å². The van der Waals surface area contributed by atoms with Crippen LogP contribution >= 0.6 is 0 Å². The van der Waals surface area contributed by atoms with Crippen molar-refractivity contribution in [1.29, 1.82) is 0 Å². The van der Waals surface area contributed by atoms with Crippen LogP contribution < -0.4 is 10.4 Å². The quantitative estimate of drug-likeness (QED) is 0.568. The van der Waals surface area contributed by atoms with Gasteiger partial charge in [-0.05, 0) is 16.5 Å². The minimum atomic E-state index is 0.883. The van der Waals surface area contributed by atoms with Crippen LogP contribution in [0.25, 0.3) is 12.3 Å². The molecule has 2 heterocycles. The standard InChI is InChI=1S/C12H10N2/c1-2-4-11-9-14-8-7-13-12(14)6-5-10(11)3-1/h1-7,9H,8H2. The molecule has 0 aromatic heterocycles. The van der Waals surface area contributed by atoms with Crippen molar-refractivity contribution in [2.24, 2.45) is 4.99 Å². The molecule has 3 rings (SSSR count). The van der Waals surface area contributed by atoms with Crippen molar-refractivity contribution < 1.29 is 0 Å². The van der Waals surface area contributed by atoms with Gasteiger partial charge in [0.1, 0.15) is 5.82 Å². The number of hydrogen-bond acceptors (Lipinski definition) is 2. The summed E-state index contributed by atoms with van der Waals surface area (Å²) < 4.78 is 0. The lowest BCUT2D eigenvalue weighted by atomic mass is 10.2. The lowest BCUT2D eigenvalue weighted by Crippen LogP contribution is -2.26. The Labute approximate surface area is 82.2 Å². The van der Waals surface area contributed by atoms with Crippen molar-refractivity contribution >= 4 is 18.5 Å². The molecule has 1 aromatic carbocycles. The fraction of sp³-hybridized carbons (Fsp3) is 0.0833. The molecule has 1 aromatic rings. The number of nitrogens with zero attached hydrogens (tertiary/aromatic N) is 2. The van der Waals surface area contributed by atoms with Crippen molar-refractivity contribution in [3.63, 3.8) is 0 Å². The number of allylic oxidation sites excluding steroid dienone is 1. The molecule has 14 heavy (non-hydrogen) atoms. The fourth-order valence-corrected chi connectivity index (χ4v) is 1.76. The molecule has 0 spiro atoms. The fourth-order valence-electron chi connectivity index (χ4n) is 1.76. The molecule has 0 N–H and O–H groups in total. The van der Waals surface area contributed by atoms with E-state index >= 15 is 0 Å². The Hall–Kier alpha value is -1.83. The summed E-state index contributed by atoms with van der Waals surface area (Å²) in [4.78, 5) is 6.46. The van der Waals surface area contributed by atoms with Crippen LogP contribution in [0.1, 0.15) is 0 Å². The highest BCUT2D eigenvalue weighted by Crippen LogP contribution is 2.11. The van der Waals surface area contributed by atoms with E-state index in [0.29, 0.717) is 0 Å². The molecule has 2 aliphatic rings. The van der Waals surface area contributed by atoms with E-state index in [-0.39, 0.29) is 0 Å². The number of benzene rings is 1. The Morgan fingerprint density at radius 2 is 1.93 bits per heavy atom. The van der Waals surface area contributed by atoms with E-state index in [0.717, 1.165) is 12.4 Å². The van der Waals surface area contributed by atoms with E-state index in [2.05, 4.69) is 52.5 Å². The molecule has 0 unspecified atom stereocenters. The smallest absolute Gasteiger partial charge is 0.132 e. The SMILES string of the molecule is C1=NC2=CC=c3ccccc3=CN2C1. The zero-order chi connectivity index (χ0) is 9.38. The highest BCUT2D eigenvalue weighted by Gasteiger charge is 2.10. The van der Waals surface area contributed by atoms with Crippen molar-refractivity contribution in [3.05, 3.63) is 46.6 Å². The molecule has 68 valence electrons. The monoisotopic (exact) mass is 182 g/mol. The maximum absolute atomic E-state index is 4.30. The van der Waals surface area contributed by atoms with E-state index in [1.807, 2.05) is 6.21 Å². The van der Waals surface area contributed by atoms with Crippen LogP contribution in [0.4, 0.5) is 0 Å². The molecule has 2 nitrogen and oxygen atoms in total. The van der Waals surface area contributed by atoms with Gasteiger partial charge in [0.2, 0.25) is 0 Å². The molecule has 0 amide bonds. The normalized spacial score (nSPS) is 17.4. The highest BCUT2D eigenvalue weighted by molar-refractivity contribution is 5.68. The third-order valence-corrected chi connectivity index (χ3v) is 2.50. The number of rotatable bonds is 0. The summed E-state index contributed by atoms with van der Waals surface area (Å²) in [6, 6.07) is 8.36. The molecule has 0 atom stereocenters. The van der Waals surface area contributed by atoms with Crippen molar-refractivity contribution in [2.45, 2.75) is 0 Å². The molecule has 0 radical (unpaired) electrons. The van der Waals surface area contributed by atoms with Gasteiger partial charge in [0.15, 0.2) is 0 Å². The van der Waals surface area contributed by atoms with Gasteiger partial charge in [-0.15, -0.1) is 0 Å². The third kappa shape index (κ3) is 1.08. The first-order valence-electron chi connectivity index (χ1n) is 4.71. The first kappa shape index (κ1) is 7.56. The first-order chi connectivity index (χ1) is 6.93. The molecular weight excluding hydrogens is 172 g/mol. The minimum Gasteiger partial charge on any atom is -0.327 e. The lowest BCUT2D eigenvalue weighted by molar-refractivity contribution is 0.603. The van der Waals surface area contributed by atoms with Gasteiger partial charge in [-0.25, -0.2) is 4.99 Å². The topological polar surface area (TPSA) is 15.6 Å². The Bertz CT molecular complexity index is 538. The maximum Gasteiger partial charge on any atom is 0.132 e. The summed E-state index contributed by atoms with van der Waals surface area (Å²) in [6.07, 6.45) is 8.26. The van der Waals surface area contributed by atoms with Crippen molar-refractivity contribution in [3.8, 4) is 0 Å². The van der Waals surface area contributed by atoms with Crippen LogP contribution in [0, 0.1) is 0 Å². The molecule has 0 bridgehead atoms. The molecule has 0 aliphatic carbocycles. The molecular formula is C12H10N2. The summed E-state index contributed by atoms with van der Waals surface area (Å²) in [7, 11) is 0. The summed E-state index contributed by atoms with van der Waals surface area (Å²) in [5.74, 6) is 1.03. The van der Waals surface area contributed by atoms with Crippen LogP contribution in [0.5, 0.6) is 0 Å². The zero-order valence-corrected chi connectivity index (χ0v) is 7.72. The molecule has 0 saturated heterocycles. The van der Waals surface area contributed by atoms with Gasteiger partial charge in [0.05, 0.1) is 6.54 Å². The Morgan fingerprint density at radius 1 is 1.07 bits per heavy atom. The lowest BCUT2D eigenvalue weighted by Gasteiger charge is -2.10. The summed E-state index contributed by atoms with van der Waals surface area (Å²) in [6.45, 7) is 0.883. The second kappa shape index (κ2) is 2.84. The van der Waals surface area contributed by atoms with Gasteiger partial charge in [0.25, 0.3) is 0 Å². The summed E-state index contributed by atoms with van der Waals surface area (Å²) >= 11 is 0. The second-order valence-corrected chi connectivity index (χ2v) is 3.41. The summed E-state index contributed by atoms with van der Waals surface area (Å²) in [5.41, 5.74) is 0. The average Bonchev–Trinajstić information content (AvgIpc) is 2.58. The van der Waals surface area contributed by atoms with Gasteiger partial charge < -0.3 is 4.90 Å². The Balaban J connectivity index is 2.29. The number of aliphatic imine (C=N–C) groups is 1. The van der Waals surface area contributed by atoms with Gasteiger partial charge in [-0.3, -0.25) is 0 Å². The van der Waals surface area contributed by atoms with Gasteiger partial charge in [-0.1, -0.05) is 30.3 Å². The van der Waals surface area contributed by atoms with Gasteiger partial charge >= 0.3 is 0 Å². The van der Waals surface area contributed by atoms with E-state index in [1.165, 1.54) is 10.4 Å². The first-order valence-corrected chi connectivity index (χ1v) is 4.71. The summed E-state index contributed by atoms with van der Waals surface area (Å²) in [5, 5.41) is 2.51. The molecule has 2 aliphatic heterocycles. The van der Waals surface area contributed by atoms with E-state index in [4.69, 9.17) is 0 Å². The van der Waals surface area contributed by atoms with E-state index in [1.54, 1.807) is 0 Å². The van der Waals surface area contributed by atoms with E-state index < -0.39 is 0 Å². The highest BCUT2D eigenvalue weighted by atomic mass is 15.2. The van der Waals surface area contributed by atoms with Gasteiger partial charge in [-0.2, -0.15) is 0 Å². The predicted octanol–water partition coefficient (Wildman–Crippen LogP) is 0.447.